The standard InChI is InChI=1S/C2H6O2/c3-1-2-4/h3-4H,1-2H2/i1D,2D. The smallest absolute Gasteiger partial charge is 0.0662 e. The van der Waals surface area contributed by atoms with E-state index in [1.165, 1.54) is 0 Å². The second-order valence-corrected chi connectivity index (χ2v) is 0.298. The zero-order valence-electron chi connectivity index (χ0n) is 4.05. The van der Waals surface area contributed by atoms with Crippen LogP contribution in [0.5, 0.6) is 0 Å². The van der Waals surface area contributed by atoms with Crippen LogP contribution in [0.3, 0.4) is 0 Å². The molecule has 0 aliphatic carbocycles. The lowest BCUT2D eigenvalue weighted by molar-refractivity contribution is 0.186. The Morgan fingerprint density at radius 3 is 1.75 bits per heavy atom. The minimum absolute atomic E-state index is 1.68. The molecule has 0 rings (SSSR count). The molecule has 2 heteroatoms. The molecule has 0 bridgehead atoms. The summed E-state index contributed by atoms with van der Waals surface area (Å²) in [6, 6.07) is 0. The van der Waals surface area contributed by atoms with Gasteiger partial charge in [0, 0.05) is 0 Å². The lowest BCUT2D eigenvalue weighted by atomic mass is 10.8. The molecule has 0 spiro atoms. The summed E-state index contributed by atoms with van der Waals surface area (Å²) < 4.78 is 12.3. The zero-order chi connectivity index (χ0) is 5.15. The highest BCUT2D eigenvalue weighted by atomic mass is 16.3. The van der Waals surface area contributed by atoms with Gasteiger partial charge in [0.05, 0.1) is 15.9 Å². The molecule has 0 saturated heterocycles. The Bertz CT molecular complexity index is 30.5. The van der Waals surface area contributed by atoms with E-state index < -0.39 is 13.2 Å². The monoisotopic (exact) mass is 64.0 g/mol. The zero-order valence-corrected chi connectivity index (χ0v) is 2.05. The first-order valence-corrected chi connectivity index (χ1v) is 0.850. The van der Waals surface area contributed by atoms with E-state index in [4.69, 9.17) is 13.0 Å². The van der Waals surface area contributed by atoms with Crippen molar-refractivity contribution in [2.45, 2.75) is 0 Å². The van der Waals surface area contributed by atoms with Crippen LogP contribution in [0.2, 0.25) is 0 Å². The van der Waals surface area contributed by atoms with Gasteiger partial charge in [-0.05, 0) is 0 Å². The summed E-state index contributed by atoms with van der Waals surface area (Å²) in [7, 11) is 0. The molecule has 0 saturated carbocycles. The van der Waals surface area contributed by atoms with Gasteiger partial charge in [0.25, 0.3) is 0 Å². The van der Waals surface area contributed by atoms with Gasteiger partial charge in [-0.2, -0.15) is 0 Å². The van der Waals surface area contributed by atoms with E-state index in [0.717, 1.165) is 0 Å². The molecule has 2 atom stereocenters. The number of aliphatic hydroxyl groups excluding tert-OH is 2. The van der Waals surface area contributed by atoms with Crippen molar-refractivity contribution in [3.63, 3.8) is 0 Å². The van der Waals surface area contributed by atoms with Gasteiger partial charge in [-0.3, -0.25) is 0 Å². The van der Waals surface area contributed by atoms with Gasteiger partial charge in [-0.15, -0.1) is 0 Å². The predicted molar refractivity (Wildman–Crippen MR) is 14.2 cm³/mol. The molecule has 0 aliphatic heterocycles. The van der Waals surface area contributed by atoms with Crippen LogP contribution in [0.25, 0.3) is 0 Å². The van der Waals surface area contributed by atoms with E-state index in [9.17, 15) is 0 Å². The molecule has 0 radical (unpaired) electrons. The maximum Gasteiger partial charge on any atom is 0.0662 e. The van der Waals surface area contributed by atoms with Gasteiger partial charge < -0.3 is 10.2 Å². The average molecular weight is 64.1 g/mol. The highest BCUT2D eigenvalue weighted by molar-refractivity contribution is 4.06. The van der Waals surface area contributed by atoms with Gasteiger partial charge >= 0.3 is 0 Å². The second kappa shape index (κ2) is 2.92. The van der Waals surface area contributed by atoms with Crippen molar-refractivity contribution in [2.24, 2.45) is 0 Å². The van der Waals surface area contributed by atoms with E-state index in [0.29, 0.717) is 0 Å². The Balaban J connectivity index is 2.99. The van der Waals surface area contributed by atoms with Gasteiger partial charge in [-0.25, -0.2) is 0 Å². The summed E-state index contributed by atoms with van der Waals surface area (Å²) in [5.74, 6) is 0. The minimum atomic E-state index is -1.68. The van der Waals surface area contributed by atoms with E-state index in [1.54, 1.807) is 0 Å². The van der Waals surface area contributed by atoms with Gasteiger partial charge in [-0.1, -0.05) is 0 Å². The molecule has 0 fully saturated rings. The lowest BCUT2D eigenvalue weighted by Gasteiger charge is -1.70. The second-order valence-electron chi connectivity index (χ2n) is 0.298. The van der Waals surface area contributed by atoms with Crippen molar-refractivity contribution in [3.8, 4) is 0 Å². The Kier molecular flexibility index (Phi) is 1.01. The fourth-order valence-corrected chi connectivity index (χ4v) is 0. The molecular formula is C2H6O2. The third-order valence-corrected chi connectivity index (χ3v) is 0.0667. The van der Waals surface area contributed by atoms with E-state index in [1.807, 2.05) is 0 Å². The van der Waals surface area contributed by atoms with E-state index in [-0.39, 0.29) is 0 Å². The largest absolute Gasteiger partial charge is 0.394 e. The normalized spacial score (nSPS) is 30.5. The third kappa shape index (κ3) is 1.92. The molecule has 0 heterocycles. The van der Waals surface area contributed by atoms with Gasteiger partial charge in [0.1, 0.15) is 0 Å². The van der Waals surface area contributed by atoms with Crippen molar-refractivity contribution >= 4 is 0 Å². The SMILES string of the molecule is [2H]C(O)C([2H])O. The van der Waals surface area contributed by atoms with E-state index in [2.05, 4.69) is 0 Å². The molecule has 2 N–H and O–H groups in total. The summed E-state index contributed by atoms with van der Waals surface area (Å²) in [5.41, 5.74) is 0. The fraction of sp³-hybridized carbons (Fsp3) is 1.00. The van der Waals surface area contributed by atoms with Crippen LogP contribution < -0.4 is 0 Å². The summed E-state index contributed by atoms with van der Waals surface area (Å²) in [6.45, 7) is -3.35. The predicted octanol–water partition coefficient (Wildman–Crippen LogP) is -1.03. The Labute approximate surface area is 27.5 Å². The maximum atomic E-state index is 7.86. The van der Waals surface area contributed by atoms with E-state index >= 15 is 0 Å². The molecule has 0 amide bonds. The van der Waals surface area contributed by atoms with Crippen LogP contribution >= 0.6 is 0 Å². The Morgan fingerprint density at radius 1 is 1.50 bits per heavy atom. The van der Waals surface area contributed by atoms with Crippen LogP contribution in [0.15, 0.2) is 0 Å². The van der Waals surface area contributed by atoms with Gasteiger partial charge in [0.15, 0.2) is 0 Å². The highest BCUT2D eigenvalue weighted by Gasteiger charge is 1.58. The Hall–Kier alpha value is -0.0800. The maximum absolute atomic E-state index is 7.86. The Morgan fingerprint density at radius 2 is 1.75 bits per heavy atom. The van der Waals surface area contributed by atoms with Crippen molar-refractivity contribution < 1.29 is 13.0 Å². The number of hydrogen-bond acceptors (Lipinski definition) is 2. The first-order chi connectivity index (χ1) is 2.64. The van der Waals surface area contributed by atoms with Crippen LogP contribution in [0.4, 0.5) is 0 Å². The molecule has 2 nitrogen and oxygen atoms in total. The van der Waals surface area contributed by atoms with Crippen LogP contribution in [0.1, 0.15) is 2.74 Å². The molecule has 0 aliphatic rings. The minimum Gasteiger partial charge on any atom is -0.394 e. The fourth-order valence-electron chi connectivity index (χ4n) is 0. The number of hydrogen-bond donors (Lipinski definition) is 2. The molecule has 4 heavy (non-hydrogen) atoms. The van der Waals surface area contributed by atoms with Gasteiger partial charge in [0.2, 0.25) is 0 Å². The van der Waals surface area contributed by atoms with Crippen LogP contribution in [-0.2, 0) is 0 Å². The molecule has 26 valence electrons. The number of rotatable bonds is 1. The summed E-state index contributed by atoms with van der Waals surface area (Å²) in [4.78, 5) is 0. The molecule has 0 aromatic carbocycles. The first-order valence-electron chi connectivity index (χ1n) is 2.00. The topological polar surface area (TPSA) is 40.5 Å². The van der Waals surface area contributed by atoms with Crippen LogP contribution in [-0.4, -0.2) is 23.4 Å². The molecule has 2 unspecified atom stereocenters. The summed E-state index contributed by atoms with van der Waals surface area (Å²) in [5, 5.41) is 15.7. The van der Waals surface area contributed by atoms with Crippen molar-refractivity contribution in [3.05, 3.63) is 0 Å². The summed E-state index contributed by atoms with van der Waals surface area (Å²) in [6.07, 6.45) is 0. The molecular weight excluding hydrogens is 56.0 g/mol. The first kappa shape index (κ1) is 1.38. The lowest BCUT2D eigenvalue weighted by Crippen LogP contribution is -1.85. The number of aliphatic hydroxyl groups is 2. The highest BCUT2D eigenvalue weighted by Crippen LogP contribution is 1.39. The van der Waals surface area contributed by atoms with Crippen molar-refractivity contribution in [1.29, 1.82) is 0 Å². The summed E-state index contributed by atoms with van der Waals surface area (Å²) >= 11 is 0. The average Bonchev–Trinajstić information content (AvgIpc) is 1.36. The quantitative estimate of drug-likeness (QED) is 0.409. The molecule has 0 aromatic heterocycles. The van der Waals surface area contributed by atoms with Crippen molar-refractivity contribution in [2.75, 3.05) is 13.2 Å². The van der Waals surface area contributed by atoms with Crippen LogP contribution in [0, 0.1) is 0 Å². The molecule has 0 aromatic rings. The van der Waals surface area contributed by atoms with Crippen molar-refractivity contribution in [1.82, 2.24) is 0 Å². The third-order valence-electron chi connectivity index (χ3n) is 0.0667.